The second-order valence-corrected chi connectivity index (χ2v) is 4.20. The second-order valence-electron chi connectivity index (χ2n) is 4.20. The van der Waals surface area contributed by atoms with Gasteiger partial charge in [0.15, 0.2) is 0 Å². The van der Waals surface area contributed by atoms with Crippen molar-refractivity contribution in [2.45, 2.75) is 45.2 Å². The predicted octanol–water partition coefficient (Wildman–Crippen LogP) is 4.90. The number of hydrogen-bond donors (Lipinski definition) is 0. The van der Waals surface area contributed by atoms with Crippen molar-refractivity contribution in [3.05, 3.63) is 48.1 Å². The van der Waals surface area contributed by atoms with Crippen LogP contribution in [0.15, 0.2) is 48.1 Å². The van der Waals surface area contributed by atoms with Gasteiger partial charge in [-0.1, -0.05) is 55.9 Å². The number of alkyl halides is 1. The molecule has 0 aromatic carbocycles. The monoisotopic (exact) mass is 220 g/mol. The van der Waals surface area contributed by atoms with Gasteiger partial charge >= 0.3 is 0 Å². The summed E-state index contributed by atoms with van der Waals surface area (Å²) in [6.07, 6.45) is 13.7. The van der Waals surface area contributed by atoms with Crippen LogP contribution in [0.2, 0.25) is 0 Å². The van der Waals surface area contributed by atoms with Gasteiger partial charge in [0.2, 0.25) is 0 Å². The van der Waals surface area contributed by atoms with Gasteiger partial charge in [-0.05, 0) is 24.8 Å². The van der Waals surface area contributed by atoms with Crippen molar-refractivity contribution >= 4 is 0 Å². The van der Waals surface area contributed by atoms with Crippen molar-refractivity contribution in [3.8, 4) is 0 Å². The smallest absolute Gasteiger partial charge is 0.123 e. The lowest BCUT2D eigenvalue weighted by molar-refractivity contribution is 0.395. The number of halogens is 1. The molecule has 0 nitrogen and oxygen atoms in total. The molecule has 0 saturated heterocycles. The SMILES string of the molecule is C=C(CCC=CCCC)C1=CC=CC(F)C1. The van der Waals surface area contributed by atoms with Crippen LogP contribution in [0, 0.1) is 0 Å². The molecule has 0 N–H and O–H groups in total. The summed E-state index contributed by atoms with van der Waals surface area (Å²) < 4.78 is 13.1. The first-order valence-corrected chi connectivity index (χ1v) is 6.08. The van der Waals surface area contributed by atoms with Crippen LogP contribution in [-0.2, 0) is 0 Å². The van der Waals surface area contributed by atoms with Gasteiger partial charge < -0.3 is 0 Å². The van der Waals surface area contributed by atoms with E-state index < -0.39 is 6.17 Å². The first-order chi connectivity index (χ1) is 7.74. The predicted molar refractivity (Wildman–Crippen MR) is 69.2 cm³/mol. The molecular weight excluding hydrogens is 199 g/mol. The third-order valence-corrected chi connectivity index (χ3v) is 2.72. The normalized spacial score (nSPS) is 20.1. The van der Waals surface area contributed by atoms with Gasteiger partial charge in [-0.25, -0.2) is 4.39 Å². The average molecular weight is 220 g/mol. The molecule has 1 aliphatic rings. The zero-order valence-electron chi connectivity index (χ0n) is 10.1. The van der Waals surface area contributed by atoms with E-state index in [-0.39, 0.29) is 0 Å². The Morgan fingerprint density at radius 1 is 1.50 bits per heavy atom. The van der Waals surface area contributed by atoms with Crippen molar-refractivity contribution in [2.24, 2.45) is 0 Å². The minimum atomic E-state index is -0.826. The average Bonchev–Trinajstić information content (AvgIpc) is 2.28. The molecule has 0 bridgehead atoms. The minimum absolute atomic E-state index is 0.494. The highest BCUT2D eigenvalue weighted by Crippen LogP contribution is 2.24. The van der Waals surface area contributed by atoms with E-state index in [9.17, 15) is 4.39 Å². The quantitative estimate of drug-likeness (QED) is 0.558. The van der Waals surface area contributed by atoms with Crippen molar-refractivity contribution < 1.29 is 4.39 Å². The van der Waals surface area contributed by atoms with Crippen LogP contribution in [0.4, 0.5) is 4.39 Å². The first-order valence-electron chi connectivity index (χ1n) is 6.08. The lowest BCUT2D eigenvalue weighted by Gasteiger charge is -2.14. The van der Waals surface area contributed by atoms with Gasteiger partial charge in [0, 0.05) is 6.42 Å². The Hall–Kier alpha value is -1.11. The Kier molecular flexibility index (Phi) is 5.84. The molecule has 0 aliphatic heterocycles. The maximum atomic E-state index is 13.1. The van der Waals surface area contributed by atoms with E-state index in [0.29, 0.717) is 6.42 Å². The molecule has 1 atom stereocenters. The van der Waals surface area contributed by atoms with E-state index in [0.717, 1.165) is 30.4 Å². The second kappa shape index (κ2) is 7.21. The fourth-order valence-corrected chi connectivity index (χ4v) is 1.72. The molecule has 16 heavy (non-hydrogen) atoms. The Morgan fingerprint density at radius 2 is 2.25 bits per heavy atom. The van der Waals surface area contributed by atoms with E-state index in [4.69, 9.17) is 0 Å². The Bertz CT molecular complexity index is 307. The van der Waals surface area contributed by atoms with Crippen LogP contribution in [-0.4, -0.2) is 6.17 Å². The number of hydrogen-bond acceptors (Lipinski definition) is 0. The maximum Gasteiger partial charge on any atom is 0.123 e. The van der Waals surface area contributed by atoms with Gasteiger partial charge in [-0.2, -0.15) is 0 Å². The summed E-state index contributed by atoms with van der Waals surface area (Å²) in [6.45, 7) is 6.20. The highest BCUT2D eigenvalue weighted by atomic mass is 19.1. The zero-order chi connectivity index (χ0) is 11.8. The fourth-order valence-electron chi connectivity index (χ4n) is 1.72. The first kappa shape index (κ1) is 13.0. The molecule has 0 spiro atoms. The molecule has 0 saturated carbocycles. The molecule has 0 fully saturated rings. The van der Waals surface area contributed by atoms with Crippen LogP contribution < -0.4 is 0 Å². The lowest BCUT2D eigenvalue weighted by atomic mass is 9.94. The number of allylic oxidation sites excluding steroid dienone is 7. The highest BCUT2D eigenvalue weighted by Gasteiger charge is 2.11. The van der Waals surface area contributed by atoms with Gasteiger partial charge in [-0.15, -0.1) is 0 Å². The minimum Gasteiger partial charge on any atom is -0.243 e. The fraction of sp³-hybridized carbons (Fsp3) is 0.467. The highest BCUT2D eigenvalue weighted by molar-refractivity contribution is 5.35. The third kappa shape index (κ3) is 4.61. The molecule has 1 rings (SSSR count). The molecule has 1 aliphatic carbocycles. The van der Waals surface area contributed by atoms with Gasteiger partial charge in [-0.3, -0.25) is 0 Å². The van der Waals surface area contributed by atoms with Gasteiger partial charge in [0.25, 0.3) is 0 Å². The van der Waals surface area contributed by atoms with Gasteiger partial charge in [0.1, 0.15) is 6.17 Å². The van der Waals surface area contributed by atoms with Crippen molar-refractivity contribution in [2.75, 3.05) is 0 Å². The van der Waals surface area contributed by atoms with E-state index in [1.807, 2.05) is 6.08 Å². The summed E-state index contributed by atoms with van der Waals surface area (Å²) in [5.41, 5.74) is 2.15. The Labute approximate surface area is 98.2 Å². The summed E-state index contributed by atoms with van der Waals surface area (Å²) in [5.74, 6) is 0. The standard InChI is InChI=1S/C15H21F/c1-3-4-5-6-7-9-13(2)14-10-8-11-15(16)12-14/h5-6,8,10-11,15H,2-4,7,9,12H2,1H3. The largest absolute Gasteiger partial charge is 0.243 e. The molecule has 0 amide bonds. The molecule has 88 valence electrons. The van der Waals surface area contributed by atoms with Crippen LogP contribution >= 0.6 is 0 Å². The van der Waals surface area contributed by atoms with E-state index in [2.05, 4.69) is 25.7 Å². The molecule has 1 heteroatoms. The number of unbranched alkanes of at least 4 members (excludes halogenated alkanes) is 1. The van der Waals surface area contributed by atoms with Crippen LogP contribution in [0.3, 0.4) is 0 Å². The summed E-state index contributed by atoms with van der Waals surface area (Å²) in [7, 11) is 0. The molecule has 0 heterocycles. The topological polar surface area (TPSA) is 0 Å². The van der Waals surface area contributed by atoms with E-state index >= 15 is 0 Å². The lowest BCUT2D eigenvalue weighted by Crippen LogP contribution is -2.03. The molecular formula is C15H21F. The maximum absolute atomic E-state index is 13.1. The van der Waals surface area contributed by atoms with E-state index in [1.54, 1.807) is 12.2 Å². The van der Waals surface area contributed by atoms with Crippen LogP contribution in [0.1, 0.15) is 39.0 Å². The van der Waals surface area contributed by atoms with Gasteiger partial charge in [0.05, 0.1) is 0 Å². The van der Waals surface area contributed by atoms with E-state index in [1.165, 1.54) is 6.42 Å². The molecule has 0 aromatic heterocycles. The third-order valence-electron chi connectivity index (χ3n) is 2.72. The zero-order valence-corrected chi connectivity index (χ0v) is 10.1. The van der Waals surface area contributed by atoms with Crippen molar-refractivity contribution in [3.63, 3.8) is 0 Å². The molecule has 0 aromatic rings. The summed E-state index contributed by atoms with van der Waals surface area (Å²) >= 11 is 0. The summed E-state index contributed by atoms with van der Waals surface area (Å²) in [6, 6.07) is 0. The van der Waals surface area contributed by atoms with Crippen molar-refractivity contribution in [1.82, 2.24) is 0 Å². The Morgan fingerprint density at radius 3 is 2.94 bits per heavy atom. The molecule has 1 unspecified atom stereocenters. The molecule has 0 radical (unpaired) electrons. The summed E-state index contributed by atoms with van der Waals surface area (Å²) in [4.78, 5) is 0. The van der Waals surface area contributed by atoms with Crippen LogP contribution in [0.25, 0.3) is 0 Å². The Balaban J connectivity index is 2.30. The summed E-state index contributed by atoms with van der Waals surface area (Å²) in [5, 5.41) is 0. The number of rotatable bonds is 6. The van der Waals surface area contributed by atoms with Crippen molar-refractivity contribution in [1.29, 1.82) is 0 Å². The van der Waals surface area contributed by atoms with Crippen LogP contribution in [0.5, 0.6) is 0 Å².